The molecule has 1 aliphatic rings. The summed E-state index contributed by atoms with van der Waals surface area (Å²) in [5.41, 5.74) is 2.72. The van der Waals surface area contributed by atoms with Crippen LogP contribution in [0.3, 0.4) is 0 Å². The van der Waals surface area contributed by atoms with E-state index in [4.69, 9.17) is 0 Å². The third-order valence-corrected chi connectivity index (χ3v) is 8.12. The van der Waals surface area contributed by atoms with Crippen molar-refractivity contribution in [2.24, 2.45) is 0 Å². The summed E-state index contributed by atoms with van der Waals surface area (Å²) in [4.78, 5) is 14.1. The van der Waals surface area contributed by atoms with Crippen LogP contribution in [0.5, 0.6) is 0 Å². The topological polar surface area (TPSA) is 124 Å². The monoisotopic (exact) mass is 476 g/mol. The number of nitrogens with zero attached hydrogens (tertiary/aromatic N) is 7. The first kappa shape index (κ1) is 22.2. The molecule has 10 nitrogen and oxygen atoms in total. The van der Waals surface area contributed by atoms with Gasteiger partial charge in [0.2, 0.25) is 10.0 Å². The van der Waals surface area contributed by atoms with Crippen LogP contribution in [0, 0.1) is 11.3 Å². The van der Waals surface area contributed by atoms with Gasteiger partial charge in [-0.05, 0) is 25.1 Å². The van der Waals surface area contributed by atoms with E-state index in [-0.39, 0.29) is 16.5 Å². The molecule has 1 saturated heterocycles. The Morgan fingerprint density at radius 1 is 1.15 bits per heavy atom. The van der Waals surface area contributed by atoms with Crippen molar-refractivity contribution in [3.8, 4) is 17.3 Å². The lowest BCUT2D eigenvalue weighted by Crippen LogP contribution is -2.49. The molecule has 4 aromatic rings. The van der Waals surface area contributed by atoms with Crippen LogP contribution in [0.15, 0.2) is 60.1 Å². The van der Waals surface area contributed by atoms with Crippen molar-refractivity contribution >= 4 is 21.1 Å². The highest BCUT2D eigenvalue weighted by Crippen LogP contribution is 2.25. The van der Waals surface area contributed by atoms with Gasteiger partial charge in [0.05, 0.1) is 28.4 Å². The fourth-order valence-electron chi connectivity index (χ4n) is 4.34. The number of fused-ring (bicyclic) bond motifs is 1. The molecule has 0 spiro atoms. The second kappa shape index (κ2) is 8.98. The Hall–Kier alpha value is -3.59. The van der Waals surface area contributed by atoms with Crippen molar-refractivity contribution in [2.75, 3.05) is 32.7 Å². The largest absolute Gasteiger partial charge is 0.346 e. The summed E-state index contributed by atoms with van der Waals surface area (Å²) in [6.45, 7) is 4.82. The highest BCUT2D eigenvalue weighted by atomic mass is 32.2. The van der Waals surface area contributed by atoms with E-state index in [9.17, 15) is 13.7 Å². The number of rotatable bonds is 6. The summed E-state index contributed by atoms with van der Waals surface area (Å²) < 4.78 is 29.5. The molecule has 1 fully saturated rings. The lowest BCUT2D eigenvalue weighted by molar-refractivity contribution is 0.166. The second-order valence-electron chi connectivity index (χ2n) is 8.33. The molecule has 0 radical (unpaired) electrons. The van der Waals surface area contributed by atoms with Gasteiger partial charge in [-0.2, -0.15) is 14.7 Å². The fourth-order valence-corrected chi connectivity index (χ4v) is 5.90. The van der Waals surface area contributed by atoms with Gasteiger partial charge in [-0.25, -0.2) is 18.4 Å². The Balaban J connectivity index is 1.23. The van der Waals surface area contributed by atoms with Crippen LogP contribution >= 0.6 is 0 Å². The highest BCUT2D eigenvalue weighted by molar-refractivity contribution is 7.89. The van der Waals surface area contributed by atoms with E-state index in [1.807, 2.05) is 35.4 Å². The smallest absolute Gasteiger partial charge is 0.244 e. The molecule has 1 atom stereocenters. The number of H-pyrrole nitrogens is 1. The molecular weight excluding hydrogens is 452 g/mol. The van der Waals surface area contributed by atoms with Crippen molar-refractivity contribution in [3.05, 3.63) is 60.8 Å². The standard InChI is InChI=1S/C23H24N8O2S/c1-17(31-15-19(13-28-31)22-20-6-7-25-23(20)27-16-26-22)14-29-8-10-30(11-9-29)34(32,33)21-5-3-2-4-18(21)12-24/h2-7,13,15-17H,8-11,14H2,1H3,(H,25,26,27). The van der Waals surface area contributed by atoms with Gasteiger partial charge in [-0.3, -0.25) is 9.58 Å². The molecule has 11 heteroatoms. The van der Waals surface area contributed by atoms with Crippen molar-refractivity contribution in [2.45, 2.75) is 17.9 Å². The SMILES string of the molecule is CC(CN1CCN(S(=O)(=O)c2ccccc2C#N)CC1)n1cc(-c2ncnc3[nH]ccc23)cn1. The maximum Gasteiger partial charge on any atom is 0.244 e. The Morgan fingerprint density at radius 2 is 1.94 bits per heavy atom. The zero-order valence-electron chi connectivity index (χ0n) is 18.7. The molecule has 5 rings (SSSR count). The summed E-state index contributed by atoms with van der Waals surface area (Å²) in [6.07, 6.45) is 7.17. The van der Waals surface area contributed by atoms with Crippen LogP contribution < -0.4 is 0 Å². The molecule has 1 N–H and O–H groups in total. The molecule has 1 unspecified atom stereocenters. The molecule has 0 aliphatic carbocycles. The minimum atomic E-state index is -3.70. The Bertz CT molecular complexity index is 1460. The molecule has 0 bridgehead atoms. The van der Waals surface area contributed by atoms with Gasteiger partial charge in [0.25, 0.3) is 0 Å². The number of aromatic amines is 1. The van der Waals surface area contributed by atoms with E-state index >= 15 is 0 Å². The second-order valence-corrected chi connectivity index (χ2v) is 10.2. The first-order chi connectivity index (χ1) is 16.5. The molecule has 1 aliphatic heterocycles. The Kier molecular flexibility index (Phi) is 5.87. The van der Waals surface area contributed by atoms with Crippen molar-refractivity contribution in [1.82, 2.24) is 33.9 Å². The van der Waals surface area contributed by atoms with Crippen LogP contribution in [-0.4, -0.2) is 75.1 Å². The minimum Gasteiger partial charge on any atom is -0.346 e. The average molecular weight is 477 g/mol. The average Bonchev–Trinajstić information content (AvgIpc) is 3.54. The molecule has 0 saturated carbocycles. The molecule has 4 heterocycles. The zero-order valence-corrected chi connectivity index (χ0v) is 19.5. The van der Waals surface area contributed by atoms with Gasteiger partial charge in [-0.1, -0.05) is 12.1 Å². The molecule has 3 aromatic heterocycles. The summed E-state index contributed by atoms with van der Waals surface area (Å²) >= 11 is 0. The van der Waals surface area contributed by atoms with Crippen LogP contribution in [0.2, 0.25) is 0 Å². The molecule has 34 heavy (non-hydrogen) atoms. The van der Waals surface area contributed by atoms with Gasteiger partial charge < -0.3 is 4.98 Å². The molecule has 0 amide bonds. The number of hydrogen-bond donors (Lipinski definition) is 1. The fraction of sp³-hybridized carbons (Fsp3) is 0.304. The maximum absolute atomic E-state index is 13.1. The molecular formula is C23H24N8O2S. The first-order valence-corrected chi connectivity index (χ1v) is 12.5. The van der Waals surface area contributed by atoms with Crippen molar-refractivity contribution < 1.29 is 8.42 Å². The predicted octanol–water partition coefficient (Wildman–Crippen LogP) is 2.26. The van der Waals surface area contributed by atoms with E-state index in [1.165, 1.54) is 22.8 Å². The summed E-state index contributed by atoms with van der Waals surface area (Å²) in [5, 5.41) is 14.8. The summed E-state index contributed by atoms with van der Waals surface area (Å²) in [5.74, 6) is 0. The van der Waals surface area contributed by atoms with Crippen LogP contribution in [0.1, 0.15) is 18.5 Å². The lowest BCUT2D eigenvalue weighted by Gasteiger charge is -2.35. The van der Waals surface area contributed by atoms with Crippen molar-refractivity contribution in [3.63, 3.8) is 0 Å². The normalized spacial score (nSPS) is 16.5. The highest BCUT2D eigenvalue weighted by Gasteiger charge is 2.30. The zero-order chi connectivity index (χ0) is 23.7. The lowest BCUT2D eigenvalue weighted by atomic mass is 10.2. The maximum atomic E-state index is 13.1. The quantitative estimate of drug-likeness (QED) is 0.453. The van der Waals surface area contributed by atoms with Gasteiger partial charge >= 0.3 is 0 Å². The Morgan fingerprint density at radius 3 is 2.74 bits per heavy atom. The van der Waals surface area contributed by atoms with Gasteiger partial charge in [0.15, 0.2) is 0 Å². The predicted molar refractivity (Wildman–Crippen MR) is 126 cm³/mol. The third kappa shape index (κ3) is 4.07. The van der Waals surface area contributed by atoms with E-state index in [0.29, 0.717) is 26.2 Å². The van der Waals surface area contributed by atoms with E-state index < -0.39 is 10.0 Å². The number of aromatic nitrogens is 5. The van der Waals surface area contributed by atoms with Crippen molar-refractivity contribution in [1.29, 1.82) is 5.26 Å². The number of benzene rings is 1. The molecule has 174 valence electrons. The van der Waals surface area contributed by atoms with E-state index in [0.717, 1.165) is 28.8 Å². The van der Waals surface area contributed by atoms with E-state index in [1.54, 1.807) is 12.1 Å². The number of sulfonamides is 1. The third-order valence-electron chi connectivity index (χ3n) is 6.16. The minimum absolute atomic E-state index is 0.0737. The Labute approximate surface area is 197 Å². The number of nitrogens with one attached hydrogen (secondary N) is 1. The van der Waals surface area contributed by atoms with Gasteiger partial charge in [-0.15, -0.1) is 0 Å². The first-order valence-electron chi connectivity index (χ1n) is 11.0. The van der Waals surface area contributed by atoms with Gasteiger partial charge in [0.1, 0.15) is 18.0 Å². The number of hydrogen-bond acceptors (Lipinski definition) is 7. The number of nitriles is 1. The van der Waals surface area contributed by atoms with Crippen LogP contribution in [0.25, 0.3) is 22.3 Å². The van der Waals surface area contributed by atoms with Gasteiger partial charge in [0, 0.05) is 56.1 Å². The molecule has 1 aromatic carbocycles. The van der Waals surface area contributed by atoms with Crippen LogP contribution in [0.4, 0.5) is 0 Å². The van der Waals surface area contributed by atoms with Crippen LogP contribution in [-0.2, 0) is 10.0 Å². The van der Waals surface area contributed by atoms with E-state index in [2.05, 4.69) is 31.9 Å². The summed E-state index contributed by atoms with van der Waals surface area (Å²) in [6, 6.07) is 10.4. The number of piperazine rings is 1. The summed E-state index contributed by atoms with van der Waals surface area (Å²) in [7, 11) is -3.70.